The molecule has 2 aromatic heterocycles. The van der Waals surface area contributed by atoms with Gasteiger partial charge in [0.25, 0.3) is 5.88 Å². The Labute approximate surface area is 121 Å². The van der Waals surface area contributed by atoms with Gasteiger partial charge in [0.2, 0.25) is 0 Å². The van der Waals surface area contributed by atoms with Gasteiger partial charge in [-0.25, -0.2) is 4.79 Å². The van der Waals surface area contributed by atoms with Crippen molar-refractivity contribution in [1.29, 1.82) is 0 Å². The zero-order valence-electron chi connectivity index (χ0n) is 11.7. The second-order valence-electron chi connectivity index (χ2n) is 4.85. The normalized spacial score (nSPS) is 10.8. The van der Waals surface area contributed by atoms with Crippen LogP contribution in [-0.2, 0) is 0 Å². The molecule has 5 nitrogen and oxygen atoms in total. The number of carbonyl (C=O) groups is 1. The highest BCUT2D eigenvalue weighted by Crippen LogP contribution is 2.27. The quantitative estimate of drug-likeness (QED) is 0.799. The number of aromatic carboxylic acids is 1. The van der Waals surface area contributed by atoms with Crippen LogP contribution in [0.25, 0.3) is 5.65 Å². The van der Waals surface area contributed by atoms with E-state index in [-0.39, 0.29) is 11.6 Å². The molecule has 3 rings (SSSR count). The summed E-state index contributed by atoms with van der Waals surface area (Å²) in [5, 5.41) is 9.39. The van der Waals surface area contributed by atoms with E-state index >= 15 is 0 Å². The molecular formula is C16H14N2O3. The molecule has 0 atom stereocenters. The van der Waals surface area contributed by atoms with Crippen molar-refractivity contribution in [3.05, 3.63) is 59.4 Å². The van der Waals surface area contributed by atoms with Gasteiger partial charge in [-0.05, 0) is 49.2 Å². The molecule has 0 aliphatic rings. The molecule has 0 radical (unpaired) electrons. The first-order chi connectivity index (χ1) is 10.1. The number of benzene rings is 1. The summed E-state index contributed by atoms with van der Waals surface area (Å²) in [6.45, 7) is 3.98. The number of nitrogens with zero attached hydrogens (tertiary/aromatic N) is 2. The van der Waals surface area contributed by atoms with E-state index in [0.717, 1.165) is 11.1 Å². The second-order valence-corrected chi connectivity index (χ2v) is 4.85. The summed E-state index contributed by atoms with van der Waals surface area (Å²) in [4.78, 5) is 15.7. The molecule has 0 saturated heterocycles. The third kappa shape index (κ3) is 2.33. The fraction of sp³-hybridized carbons (Fsp3) is 0.125. The molecule has 0 aliphatic heterocycles. The Hall–Kier alpha value is -2.82. The number of carboxylic acids is 1. The first kappa shape index (κ1) is 13.2. The maximum Gasteiger partial charge on any atom is 0.358 e. The van der Waals surface area contributed by atoms with Crippen LogP contribution in [0.15, 0.2) is 42.6 Å². The SMILES string of the molecule is Cc1ccc(Oc2nc3ccccn3c2C(=O)O)cc1C. The minimum atomic E-state index is -1.08. The van der Waals surface area contributed by atoms with Gasteiger partial charge in [0.1, 0.15) is 11.4 Å². The van der Waals surface area contributed by atoms with Gasteiger partial charge in [-0.2, -0.15) is 4.98 Å². The van der Waals surface area contributed by atoms with Crippen LogP contribution in [0.1, 0.15) is 21.6 Å². The van der Waals surface area contributed by atoms with Crippen LogP contribution >= 0.6 is 0 Å². The van der Waals surface area contributed by atoms with Crippen LogP contribution in [0, 0.1) is 13.8 Å². The Morgan fingerprint density at radius 2 is 2.00 bits per heavy atom. The van der Waals surface area contributed by atoms with Gasteiger partial charge in [0.15, 0.2) is 5.69 Å². The number of hydrogen-bond acceptors (Lipinski definition) is 3. The number of aryl methyl sites for hydroxylation is 2. The van der Waals surface area contributed by atoms with E-state index in [1.807, 2.05) is 26.0 Å². The Kier molecular flexibility index (Phi) is 3.10. The number of rotatable bonds is 3. The molecule has 106 valence electrons. The smallest absolute Gasteiger partial charge is 0.358 e. The van der Waals surface area contributed by atoms with Crippen LogP contribution in [-0.4, -0.2) is 20.5 Å². The summed E-state index contributed by atoms with van der Waals surface area (Å²) < 4.78 is 7.18. The van der Waals surface area contributed by atoms with Crippen molar-refractivity contribution in [2.24, 2.45) is 0 Å². The lowest BCUT2D eigenvalue weighted by Crippen LogP contribution is -2.03. The minimum Gasteiger partial charge on any atom is -0.476 e. The van der Waals surface area contributed by atoms with E-state index in [2.05, 4.69) is 4.98 Å². The van der Waals surface area contributed by atoms with Gasteiger partial charge in [-0.15, -0.1) is 0 Å². The molecule has 5 heteroatoms. The first-order valence-corrected chi connectivity index (χ1v) is 6.52. The summed E-state index contributed by atoms with van der Waals surface area (Å²) in [5.41, 5.74) is 2.78. The zero-order chi connectivity index (χ0) is 15.0. The summed E-state index contributed by atoms with van der Waals surface area (Å²) in [7, 11) is 0. The summed E-state index contributed by atoms with van der Waals surface area (Å²) in [6, 6.07) is 10.9. The van der Waals surface area contributed by atoms with Crippen molar-refractivity contribution in [1.82, 2.24) is 9.38 Å². The van der Waals surface area contributed by atoms with E-state index in [4.69, 9.17) is 4.74 Å². The van der Waals surface area contributed by atoms with Crippen LogP contribution in [0.2, 0.25) is 0 Å². The van der Waals surface area contributed by atoms with Crippen LogP contribution in [0.5, 0.6) is 11.6 Å². The van der Waals surface area contributed by atoms with Crippen molar-refractivity contribution < 1.29 is 14.6 Å². The number of fused-ring (bicyclic) bond motifs is 1. The van der Waals surface area contributed by atoms with Crippen LogP contribution < -0.4 is 4.74 Å². The lowest BCUT2D eigenvalue weighted by molar-refractivity contribution is 0.0686. The van der Waals surface area contributed by atoms with Gasteiger partial charge in [-0.1, -0.05) is 12.1 Å². The molecule has 0 spiro atoms. The van der Waals surface area contributed by atoms with E-state index in [9.17, 15) is 9.90 Å². The Bertz CT molecular complexity index is 837. The summed E-state index contributed by atoms with van der Waals surface area (Å²) in [5.74, 6) is -0.409. The molecule has 2 heterocycles. The number of pyridine rings is 1. The summed E-state index contributed by atoms with van der Waals surface area (Å²) in [6.07, 6.45) is 1.65. The van der Waals surface area contributed by atoms with Crippen molar-refractivity contribution in [3.8, 4) is 11.6 Å². The predicted octanol–water partition coefficient (Wildman–Crippen LogP) is 3.44. The number of ether oxygens (including phenoxy) is 1. The van der Waals surface area contributed by atoms with Crippen LogP contribution in [0.4, 0.5) is 0 Å². The van der Waals surface area contributed by atoms with Crippen molar-refractivity contribution in [2.45, 2.75) is 13.8 Å². The second kappa shape index (κ2) is 4.94. The average molecular weight is 282 g/mol. The number of aromatic nitrogens is 2. The van der Waals surface area contributed by atoms with Gasteiger partial charge in [0, 0.05) is 6.20 Å². The third-order valence-electron chi connectivity index (χ3n) is 3.39. The highest BCUT2D eigenvalue weighted by Gasteiger charge is 2.20. The molecule has 0 bridgehead atoms. The predicted molar refractivity (Wildman–Crippen MR) is 78.1 cm³/mol. The van der Waals surface area contributed by atoms with E-state index in [0.29, 0.717) is 11.4 Å². The fourth-order valence-electron chi connectivity index (χ4n) is 2.13. The average Bonchev–Trinajstić information content (AvgIpc) is 2.80. The Balaban J connectivity index is 2.09. The number of imidazole rings is 1. The standard InChI is InChI=1S/C16H14N2O3/c1-10-6-7-12(9-11(10)2)21-15-14(16(19)20)18-8-4-3-5-13(18)17-15/h3-9H,1-2H3,(H,19,20). The Morgan fingerprint density at radius 3 is 2.71 bits per heavy atom. The van der Waals surface area contributed by atoms with Crippen molar-refractivity contribution in [2.75, 3.05) is 0 Å². The summed E-state index contributed by atoms with van der Waals surface area (Å²) >= 11 is 0. The van der Waals surface area contributed by atoms with Gasteiger partial charge >= 0.3 is 5.97 Å². The molecule has 21 heavy (non-hydrogen) atoms. The van der Waals surface area contributed by atoms with Crippen LogP contribution in [0.3, 0.4) is 0 Å². The molecule has 3 aromatic rings. The molecule has 0 unspecified atom stereocenters. The van der Waals surface area contributed by atoms with Crippen molar-refractivity contribution in [3.63, 3.8) is 0 Å². The van der Waals surface area contributed by atoms with Gasteiger partial charge in [-0.3, -0.25) is 4.40 Å². The van der Waals surface area contributed by atoms with E-state index < -0.39 is 5.97 Å². The lowest BCUT2D eigenvalue weighted by atomic mass is 10.1. The van der Waals surface area contributed by atoms with Crippen molar-refractivity contribution >= 4 is 11.6 Å². The number of carboxylic acid groups (broad SMARTS) is 1. The van der Waals surface area contributed by atoms with Gasteiger partial charge < -0.3 is 9.84 Å². The van der Waals surface area contributed by atoms with E-state index in [1.54, 1.807) is 30.5 Å². The van der Waals surface area contributed by atoms with E-state index in [1.165, 1.54) is 4.40 Å². The lowest BCUT2D eigenvalue weighted by Gasteiger charge is -2.06. The fourth-order valence-corrected chi connectivity index (χ4v) is 2.13. The molecule has 1 aromatic carbocycles. The molecule has 0 amide bonds. The largest absolute Gasteiger partial charge is 0.476 e. The first-order valence-electron chi connectivity index (χ1n) is 6.52. The molecular weight excluding hydrogens is 268 g/mol. The minimum absolute atomic E-state index is 0.0174. The topological polar surface area (TPSA) is 63.8 Å². The highest BCUT2D eigenvalue weighted by atomic mass is 16.5. The molecule has 0 saturated carbocycles. The maximum atomic E-state index is 11.5. The zero-order valence-corrected chi connectivity index (χ0v) is 11.7. The van der Waals surface area contributed by atoms with Gasteiger partial charge in [0.05, 0.1) is 0 Å². The monoisotopic (exact) mass is 282 g/mol. The molecule has 0 aliphatic carbocycles. The molecule has 1 N–H and O–H groups in total. The number of hydrogen-bond donors (Lipinski definition) is 1. The Morgan fingerprint density at radius 1 is 1.19 bits per heavy atom. The maximum absolute atomic E-state index is 11.5. The highest BCUT2D eigenvalue weighted by molar-refractivity contribution is 5.89. The molecule has 0 fully saturated rings. The third-order valence-corrected chi connectivity index (χ3v) is 3.39.